The first kappa shape index (κ1) is 17.2. The van der Waals surface area contributed by atoms with Gasteiger partial charge in [0.25, 0.3) is 5.91 Å². The molecule has 3 rings (SSSR count). The van der Waals surface area contributed by atoms with Crippen molar-refractivity contribution < 1.29 is 18.2 Å². The van der Waals surface area contributed by atoms with Crippen molar-refractivity contribution in [3.05, 3.63) is 58.5 Å². The monoisotopic (exact) mass is 367 g/mol. The highest BCUT2D eigenvalue weighted by Crippen LogP contribution is 2.19. The predicted molar refractivity (Wildman–Crippen MR) is 92.4 cm³/mol. The van der Waals surface area contributed by atoms with Gasteiger partial charge in [-0.3, -0.25) is 9.00 Å². The van der Waals surface area contributed by atoms with Gasteiger partial charge in [0.1, 0.15) is 5.76 Å². The van der Waals surface area contributed by atoms with Crippen molar-refractivity contribution in [3.8, 4) is 0 Å². The molecule has 0 N–H and O–H groups in total. The van der Waals surface area contributed by atoms with E-state index in [4.69, 9.17) is 20.8 Å². The Morgan fingerprint density at radius 1 is 1.12 bits per heavy atom. The third kappa shape index (κ3) is 4.26. The van der Waals surface area contributed by atoms with E-state index < -0.39 is 10.8 Å². The molecule has 1 aromatic heterocycles. The molecule has 1 unspecified atom stereocenters. The van der Waals surface area contributed by atoms with E-state index in [-0.39, 0.29) is 17.4 Å². The molecule has 1 aliphatic rings. The van der Waals surface area contributed by atoms with Gasteiger partial charge in [0.05, 0.1) is 24.7 Å². The summed E-state index contributed by atoms with van der Waals surface area (Å²) in [4.78, 5) is 14.0. The summed E-state index contributed by atoms with van der Waals surface area (Å²) in [5.74, 6) is 1.27. The van der Waals surface area contributed by atoms with E-state index in [1.54, 1.807) is 23.1 Å². The van der Waals surface area contributed by atoms with Crippen molar-refractivity contribution in [2.24, 2.45) is 0 Å². The number of benzene rings is 1. The number of carbonyl (C=O) groups is 1. The SMILES string of the molecule is O=C(c1ccc(CS(=O)Cc2ccccc2Cl)o1)N1CCOCC1. The third-order valence-corrected chi connectivity index (χ3v) is 5.36. The van der Waals surface area contributed by atoms with Crippen molar-refractivity contribution in [1.29, 1.82) is 0 Å². The van der Waals surface area contributed by atoms with Crippen LogP contribution in [0.15, 0.2) is 40.8 Å². The lowest BCUT2D eigenvalue weighted by molar-refractivity contribution is 0.0282. The highest BCUT2D eigenvalue weighted by atomic mass is 35.5. The van der Waals surface area contributed by atoms with Crippen molar-refractivity contribution in [1.82, 2.24) is 4.90 Å². The zero-order chi connectivity index (χ0) is 16.9. The van der Waals surface area contributed by atoms with Crippen LogP contribution in [0.25, 0.3) is 0 Å². The predicted octanol–water partition coefficient (Wildman–Crippen LogP) is 2.85. The maximum atomic E-state index is 12.3. The molecule has 1 amide bonds. The first-order valence-corrected chi connectivity index (χ1v) is 9.54. The number of hydrogen-bond donors (Lipinski definition) is 0. The molecule has 0 bridgehead atoms. The normalized spacial score (nSPS) is 16.1. The van der Waals surface area contributed by atoms with Crippen molar-refractivity contribution in [3.63, 3.8) is 0 Å². The molecule has 5 nitrogen and oxygen atoms in total. The molecule has 24 heavy (non-hydrogen) atoms. The van der Waals surface area contributed by atoms with Gasteiger partial charge in [0, 0.05) is 28.9 Å². The van der Waals surface area contributed by atoms with Crippen LogP contribution in [0.5, 0.6) is 0 Å². The van der Waals surface area contributed by atoms with Crippen LogP contribution in [-0.4, -0.2) is 41.3 Å². The van der Waals surface area contributed by atoms with Gasteiger partial charge in [-0.1, -0.05) is 29.8 Å². The quantitative estimate of drug-likeness (QED) is 0.815. The summed E-state index contributed by atoms with van der Waals surface area (Å²) in [5.41, 5.74) is 0.841. The average molecular weight is 368 g/mol. The largest absolute Gasteiger partial charge is 0.455 e. The molecule has 1 saturated heterocycles. The Bertz CT molecular complexity index is 740. The fraction of sp³-hybridized carbons (Fsp3) is 0.353. The number of halogens is 1. The zero-order valence-corrected chi connectivity index (χ0v) is 14.6. The Labute approximate surface area is 148 Å². The van der Waals surface area contributed by atoms with Gasteiger partial charge < -0.3 is 14.1 Å². The lowest BCUT2D eigenvalue weighted by Gasteiger charge is -2.25. The Hall–Kier alpha value is -1.63. The topological polar surface area (TPSA) is 59.8 Å². The maximum absolute atomic E-state index is 12.3. The average Bonchev–Trinajstić information content (AvgIpc) is 3.05. The Morgan fingerprint density at radius 3 is 2.62 bits per heavy atom. The molecule has 0 saturated carbocycles. The minimum Gasteiger partial charge on any atom is -0.455 e. The van der Waals surface area contributed by atoms with Crippen molar-refractivity contribution in [2.75, 3.05) is 26.3 Å². The van der Waals surface area contributed by atoms with Crippen LogP contribution >= 0.6 is 11.6 Å². The number of furan rings is 1. The van der Waals surface area contributed by atoms with Crippen LogP contribution in [0.3, 0.4) is 0 Å². The molecule has 2 aromatic rings. The lowest BCUT2D eigenvalue weighted by Crippen LogP contribution is -2.40. The standard InChI is InChI=1S/C17H18ClNO4S/c18-15-4-2-1-3-13(15)11-24(21)12-14-5-6-16(23-14)17(20)19-7-9-22-10-8-19/h1-6H,7-12H2. The summed E-state index contributed by atoms with van der Waals surface area (Å²) < 4.78 is 23.1. The highest BCUT2D eigenvalue weighted by Gasteiger charge is 2.21. The molecule has 7 heteroatoms. The third-order valence-electron chi connectivity index (χ3n) is 3.75. The first-order valence-electron chi connectivity index (χ1n) is 7.67. The maximum Gasteiger partial charge on any atom is 0.289 e. The molecular formula is C17H18ClNO4S. The molecule has 1 fully saturated rings. The Kier molecular flexibility index (Phi) is 5.71. The summed E-state index contributed by atoms with van der Waals surface area (Å²) in [6, 6.07) is 10.7. The number of carbonyl (C=O) groups excluding carboxylic acids is 1. The second kappa shape index (κ2) is 7.96. The van der Waals surface area contributed by atoms with E-state index >= 15 is 0 Å². The van der Waals surface area contributed by atoms with Crippen LogP contribution < -0.4 is 0 Å². The number of rotatable bonds is 5. The summed E-state index contributed by atoms with van der Waals surface area (Å²) in [6.07, 6.45) is 0. The molecule has 0 radical (unpaired) electrons. The van der Waals surface area contributed by atoms with Gasteiger partial charge in [-0.25, -0.2) is 0 Å². The Morgan fingerprint density at radius 2 is 1.88 bits per heavy atom. The van der Waals surface area contributed by atoms with Crippen molar-refractivity contribution >= 4 is 28.3 Å². The van der Waals surface area contributed by atoms with Gasteiger partial charge in [-0.2, -0.15) is 0 Å². The van der Waals surface area contributed by atoms with Gasteiger partial charge >= 0.3 is 0 Å². The molecule has 0 aliphatic carbocycles. The Balaban J connectivity index is 1.60. The second-order valence-corrected chi connectivity index (χ2v) is 7.35. The van der Waals surface area contributed by atoms with Crippen LogP contribution in [0.2, 0.25) is 5.02 Å². The highest BCUT2D eigenvalue weighted by molar-refractivity contribution is 7.83. The minimum absolute atomic E-state index is 0.151. The van der Waals surface area contributed by atoms with E-state index in [0.717, 1.165) is 5.56 Å². The molecular weight excluding hydrogens is 350 g/mol. The second-order valence-electron chi connectivity index (χ2n) is 5.49. The van der Waals surface area contributed by atoms with E-state index in [2.05, 4.69) is 0 Å². The first-order chi connectivity index (χ1) is 11.6. The number of amides is 1. The van der Waals surface area contributed by atoms with E-state index in [1.807, 2.05) is 18.2 Å². The molecule has 1 aromatic carbocycles. The lowest BCUT2D eigenvalue weighted by atomic mass is 10.2. The number of morpholine rings is 1. The van der Waals surface area contributed by atoms with Crippen LogP contribution in [0.4, 0.5) is 0 Å². The van der Waals surface area contributed by atoms with Crippen molar-refractivity contribution in [2.45, 2.75) is 11.5 Å². The fourth-order valence-corrected chi connectivity index (χ4v) is 3.95. The molecule has 128 valence electrons. The van der Waals surface area contributed by atoms with Gasteiger partial charge in [-0.05, 0) is 23.8 Å². The van der Waals surface area contributed by atoms with E-state index in [9.17, 15) is 9.00 Å². The van der Waals surface area contributed by atoms with Gasteiger partial charge in [-0.15, -0.1) is 0 Å². The molecule has 1 aliphatic heterocycles. The fourth-order valence-electron chi connectivity index (χ4n) is 2.49. The van der Waals surface area contributed by atoms with Crippen LogP contribution in [0.1, 0.15) is 21.9 Å². The zero-order valence-electron chi connectivity index (χ0n) is 13.1. The number of nitrogens with zero attached hydrogens (tertiary/aromatic N) is 1. The number of ether oxygens (including phenoxy) is 1. The molecule has 0 spiro atoms. The van der Waals surface area contributed by atoms with Gasteiger partial charge in [0.2, 0.25) is 0 Å². The van der Waals surface area contributed by atoms with Gasteiger partial charge in [0.15, 0.2) is 5.76 Å². The molecule has 1 atom stereocenters. The molecule has 2 heterocycles. The van der Waals surface area contributed by atoms with E-state index in [0.29, 0.717) is 42.8 Å². The van der Waals surface area contributed by atoms with Crippen LogP contribution in [0, 0.1) is 0 Å². The number of hydrogen-bond acceptors (Lipinski definition) is 4. The minimum atomic E-state index is -1.16. The smallest absolute Gasteiger partial charge is 0.289 e. The van der Waals surface area contributed by atoms with E-state index in [1.165, 1.54) is 0 Å². The summed E-state index contributed by atoms with van der Waals surface area (Å²) in [7, 11) is -1.16. The summed E-state index contributed by atoms with van der Waals surface area (Å²) in [5, 5.41) is 0.605. The summed E-state index contributed by atoms with van der Waals surface area (Å²) in [6.45, 7) is 2.21. The summed E-state index contributed by atoms with van der Waals surface area (Å²) >= 11 is 6.08. The van der Waals surface area contributed by atoms with Crippen LogP contribution in [-0.2, 0) is 27.0 Å².